The smallest absolute Gasteiger partial charge is 0.159 e. The van der Waals surface area contributed by atoms with Crippen molar-refractivity contribution in [3.05, 3.63) is 54.5 Å². The van der Waals surface area contributed by atoms with Gasteiger partial charge in [-0.3, -0.25) is 0 Å². The fourth-order valence-electron chi connectivity index (χ4n) is 1.90. The first-order chi connectivity index (χ1) is 7.84. The molecule has 0 radical (unpaired) electrons. The van der Waals surface area contributed by atoms with Crippen LogP contribution >= 0.6 is 24.8 Å². The van der Waals surface area contributed by atoms with Gasteiger partial charge in [-0.1, -0.05) is 30.3 Å². The van der Waals surface area contributed by atoms with Gasteiger partial charge < -0.3 is 10.3 Å². The van der Waals surface area contributed by atoms with Crippen molar-refractivity contribution >= 4 is 36.1 Å². The Bertz CT molecular complexity index is 615. The van der Waals surface area contributed by atoms with Crippen molar-refractivity contribution in [1.82, 2.24) is 14.2 Å². The maximum atomic E-state index is 5.87. The van der Waals surface area contributed by atoms with Crippen molar-refractivity contribution in [3.8, 4) is 0 Å². The largest absolute Gasteiger partial charge is 0.394 e. The molecule has 0 fully saturated rings. The SMILES string of the molecule is Cl.Cl.Nc1cnn2ccn(Cc3ccccc3)c12. The first-order valence-corrected chi connectivity index (χ1v) is 5.16. The van der Waals surface area contributed by atoms with Crippen LogP contribution in [-0.4, -0.2) is 14.2 Å². The summed E-state index contributed by atoms with van der Waals surface area (Å²) in [6.45, 7) is 0.813. The molecule has 0 saturated heterocycles. The first-order valence-electron chi connectivity index (χ1n) is 5.16. The molecule has 2 aromatic heterocycles. The van der Waals surface area contributed by atoms with E-state index in [2.05, 4.69) is 21.8 Å². The van der Waals surface area contributed by atoms with Gasteiger partial charge in [-0.2, -0.15) is 5.10 Å². The Morgan fingerprint density at radius 2 is 1.78 bits per heavy atom. The van der Waals surface area contributed by atoms with Crippen LogP contribution in [0.4, 0.5) is 5.69 Å². The molecule has 0 saturated carbocycles. The summed E-state index contributed by atoms with van der Waals surface area (Å²) >= 11 is 0. The van der Waals surface area contributed by atoms with Crippen LogP contribution in [0, 0.1) is 0 Å². The molecule has 6 heteroatoms. The number of nitrogens with two attached hydrogens (primary N) is 1. The van der Waals surface area contributed by atoms with Crippen molar-refractivity contribution in [1.29, 1.82) is 0 Å². The predicted octanol–water partition coefficient (Wildman–Crippen LogP) is 2.61. The van der Waals surface area contributed by atoms with Gasteiger partial charge in [0, 0.05) is 18.9 Å². The summed E-state index contributed by atoms with van der Waals surface area (Å²) < 4.78 is 3.88. The number of hydrogen-bond acceptors (Lipinski definition) is 2. The van der Waals surface area contributed by atoms with Gasteiger partial charge in [0.05, 0.1) is 11.9 Å². The van der Waals surface area contributed by atoms with E-state index in [0.29, 0.717) is 5.69 Å². The number of nitrogens with zero attached hydrogens (tertiary/aromatic N) is 3. The van der Waals surface area contributed by atoms with Gasteiger partial charge in [0.2, 0.25) is 0 Å². The molecule has 3 aromatic rings. The Kier molecular flexibility index (Phi) is 4.64. The van der Waals surface area contributed by atoms with Gasteiger partial charge in [-0.05, 0) is 5.56 Å². The molecule has 18 heavy (non-hydrogen) atoms. The van der Waals surface area contributed by atoms with E-state index >= 15 is 0 Å². The van der Waals surface area contributed by atoms with Crippen molar-refractivity contribution < 1.29 is 0 Å². The normalized spacial score (nSPS) is 9.78. The lowest BCUT2D eigenvalue weighted by Gasteiger charge is -2.03. The third-order valence-electron chi connectivity index (χ3n) is 2.65. The average molecular weight is 285 g/mol. The molecule has 4 nitrogen and oxygen atoms in total. The highest BCUT2D eigenvalue weighted by atomic mass is 35.5. The number of hydrogen-bond donors (Lipinski definition) is 1. The van der Waals surface area contributed by atoms with E-state index in [1.165, 1.54) is 5.56 Å². The molecule has 0 unspecified atom stereocenters. The lowest BCUT2D eigenvalue weighted by molar-refractivity contribution is 0.826. The number of aromatic nitrogens is 3. The zero-order valence-corrected chi connectivity index (χ0v) is 11.2. The maximum Gasteiger partial charge on any atom is 0.159 e. The van der Waals surface area contributed by atoms with Crippen LogP contribution in [0.1, 0.15) is 5.56 Å². The van der Waals surface area contributed by atoms with Crippen LogP contribution in [0.15, 0.2) is 48.9 Å². The van der Waals surface area contributed by atoms with Crippen LogP contribution in [-0.2, 0) is 6.54 Å². The van der Waals surface area contributed by atoms with E-state index in [0.717, 1.165) is 12.2 Å². The highest BCUT2D eigenvalue weighted by Crippen LogP contribution is 2.15. The van der Waals surface area contributed by atoms with E-state index < -0.39 is 0 Å². The topological polar surface area (TPSA) is 48.2 Å². The van der Waals surface area contributed by atoms with Crippen molar-refractivity contribution in [2.24, 2.45) is 0 Å². The molecule has 0 spiro atoms. The Balaban J connectivity index is 0.000000810. The highest BCUT2D eigenvalue weighted by molar-refractivity contribution is 5.85. The van der Waals surface area contributed by atoms with Gasteiger partial charge in [-0.15, -0.1) is 24.8 Å². The van der Waals surface area contributed by atoms with Crippen molar-refractivity contribution in [3.63, 3.8) is 0 Å². The Labute approximate surface area is 117 Å². The highest BCUT2D eigenvalue weighted by Gasteiger charge is 2.06. The zero-order valence-electron chi connectivity index (χ0n) is 9.56. The molecule has 0 aliphatic carbocycles. The molecule has 0 amide bonds. The number of rotatable bonds is 2. The van der Waals surface area contributed by atoms with E-state index in [1.807, 2.05) is 30.6 Å². The van der Waals surface area contributed by atoms with E-state index in [-0.39, 0.29) is 24.8 Å². The molecule has 96 valence electrons. The summed E-state index contributed by atoms with van der Waals surface area (Å²) in [5, 5.41) is 4.15. The lowest BCUT2D eigenvalue weighted by Crippen LogP contribution is -1.99. The van der Waals surface area contributed by atoms with Crippen LogP contribution in [0.3, 0.4) is 0 Å². The summed E-state index contributed by atoms with van der Waals surface area (Å²) in [5.41, 5.74) is 8.78. The fraction of sp³-hybridized carbons (Fsp3) is 0.0833. The van der Waals surface area contributed by atoms with Crippen LogP contribution in [0.5, 0.6) is 0 Å². The number of anilines is 1. The average Bonchev–Trinajstić information content (AvgIpc) is 2.86. The van der Waals surface area contributed by atoms with Crippen molar-refractivity contribution in [2.45, 2.75) is 6.54 Å². The molecular formula is C12H14Cl2N4. The van der Waals surface area contributed by atoms with Gasteiger partial charge in [-0.25, -0.2) is 4.52 Å². The van der Waals surface area contributed by atoms with Gasteiger partial charge in [0.1, 0.15) is 0 Å². The summed E-state index contributed by atoms with van der Waals surface area (Å²) in [4.78, 5) is 0. The second-order valence-electron chi connectivity index (χ2n) is 3.78. The lowest BCUT2D eigenvalue weighted by atomic mass is 10.2. The van der Waals surface area contributed by atoms with Gasteiger partial charge in [0.15, 0.2) is 5.65 Å². The number of imidazole rings is 1. The monoisotopic (exact) mass is 284 g/mol. The summed E-state index contributed by atoms with van der Waals surface area (Å²) in [5.74, 6) is 0. The molecule has 0 aliphatic heterocycles. The van der Waals surface area contributed by atoms with E-state index in [1.54, 1.807) is 10.7 Å². The number of fused-ring (bicyclic) bond motifs is 1. The number of halogens is 2. The molecule has 2 heterocycles. The molecular weight excluding hydrogens is 271 g/mol. The Hall–Kier alpha value is -1.65. The minimum absolute atomic E-state index is 0. The van der Waals surface area contributed by atoms with Gasteiger partial charge in [0.25, 0.3) is 0 Å². The first kappa shape index (κ1) is 14.4. The fourth-order valence-corrected chi connectivity index (χ4v) is 1.90. The van der Waals surface area contributed by atoms with Crippen LogP contribution < -0.4 is 5.73 Å². The quantitative estimate of drug-likeness (QED) is 0.786. The minimum Gasteiger partial charge on any atom is -0.394 e. The Morgan fingerprint density at radius 1 is 1.06 bits per heavy atom. The molecule has 0 atom stereocenters. The van der Waals surface area contributed by atoms with Crippen molar-refractivity contribution in [2.75, 3.05) is 5.73 Å². The summed E-state index contributed by atoms with van der Waals surface area (Å²) in [6, 6.07) is 10.3. The van der Waals surface area contributed by atoms with Gasteiger partial charge >= 0.3 is 0 Å². The standard InChI is InChI=1S/C12H12N4.2ClH/c13-11-8-14-16-7-6-15(12(11)16)9-10-4-2-1-3-5-10;;/h1-8H,9,13H2;2*1H. The number of nitrogen functional groups attached to an aromatic ring is 1. The predicted molar refractivity (Wildman–Crippen MR) is 77.6 cm³/mol. The number of benzene rings is 1. The minimum atomic E-state index is 0. The molecule has 0 aliphatic rings. The van der Waals surface area contributed by atoms with E-state index in [9.17, 15) is 0 Å². The molecule has 1 aromatic carbocycles. The molecule has 3 rings (SSSR count). The van der Waals surface area contributed by atoms with Crippen LogP contribution in [0.2, 0.25) is 0 Å². The third kappa shape index (κ3) is 2.44. The second-order valence-corrected chi connectivity index (χ2v) is 3.78. The zero-order chi connectivity index (χ0) is 11.0. The van der Waals surface area contributed by atoms with E-state index in [4.69, 9.17) is 5.73 Å². The summed E-state index contributed by atoms with van der Waals surface area (Å²) in [7, 11) is 0. The Morgan fingerprint density at radius 3 is 2.50 bits per heavy atom. The molecule has 2 N–H and O–H groups in total. The summed E-state index contributed by atoms with van der Waals surface area (Å²) in [6.07, 6.45) is 5.58. The third-order valence-corrected chi connectivity index (χ3v) is 2.65. The maximum absolute atomic E-state index is 5.87. The second kappa shape index (κ2) is 5.80. The van der Waals surface area contributed by atoms with Crippen LogP contribution in [0.25, 0.3) is 5.65 Å². The molecule has 0 bridgehead atoms.